The molecule has 1 atom stereocenters. The molecule has 2 aliphatic heterocycles. The Hall–Kier alpha value is -2.24. The second-order valence-corrected chi connectivity index (χ2v) is 5.55. The summed E-state index contributed by atoms with van der Waals surface area (Å²) in [5.41, 5.74) is 2.70. The summed E-state index contributed by atoms with van der Waals surface area (Å²) in [6, 6.07) is 5.77. The molecule has 0 saturated carbocycles. The summed E-state index contributed by atoms with van der Waals surface area (Å²) in [7, 11) is 0. The van der Waals surface area contributed by atoms with Gasteiger partial charge in [-0.05, 0) is 24.6 Å². The number of benzene rings is 1. The Labute approximate surface area is 123 Å². The van der Waals surface area contributed by atoms with Crippen LogP contribution in [0.5, 0.6) is 0 Å². The van der Waals surface area contributed by atoms with Crippen LogP contribution in [-0.2, 0) is 4.79 Å². The molecule has 0 aromatic heterocycles. The fourth-order valence-corrected chi connectivity index (χ4v) is 2.90. The molecule has 112 valence electrons. The zero-order chi connectivity index (χ0) is 14.8. The standard InChI is InChI=1S/C15H20N4O2/c1-10(20)18-12-4-7-19(9-12)15(21)11-2-3-13-14(8-11)17-6-5-16-13/h2-3,8,12,16-17H,4-7,9H2,1H3,(H,18,20). The average Bonchev–Trinajstić information content (AvgIpc) is 2.93. The van der Waals surface area contributed by atoms with Crippen molar-refractivity contribution in [2.24, 2.45) is 0 Å². The summed E-state index contributed by atoms with van der Waals surface area (Å²) in [4.78, 5) is 25.4. The van der Waals surface area contributed by atoms with Crippen molar-refractivity contribution in [2.75, 3.05) is 36.8 Å². The van der Waals surface area contributed by atoms with Gasteiger partial charge in [-0.1, -0.05) is 0 Å². The van der Waals surface area contributed by atoms with E-state index in [0.29, 0.717) is 18.7 Å². The number of amides is 2. The second kappa shape index (κ2) is 5.63. The lowest BCUT2D eigenvalue weighted by Gasteiger charge is -2.22. The van der Waals surface area contributed by atoms with E-state index in [9.17, 15) is 9.59 Å². The number of hydrogen-bond donors (Lipinski definition) is 3. The van der Waals surface area contributed by atoms with Gasteiger partial charge >= 0.3 is 0 Å². The van der Waals surface area contributed by atoms with Gasteiger partial charge in [0.05, 0.1) is 11.4 Å². The lowest BCUT2D eigenvalue weighted by molar-refractivity contribution is -0.119. The molecular formula is C15H20N4O2. The Balaban J connectivity index is 1.70. The summed E-state index contributed by atoms with van der Waals surface area (Å²) in [5, 5.41) is 9.46. The summed E-state index contributed by atoms with van der Waals surface area (Å²) < 4.78 is 0. The van der Waals surface area contributed by atoms with E-state index >= 15 is 0 Å². The quantitative estimate of drug-likeness (QED) is 0.755. The van der Waals surface area contributed by atoms with E-state index in [1.165, 1.54) is 6.92 Å². The molecule has 1 aromatic carbocycles. The van der Waals surface area contributed by atoms with Gasteiger partial charge in [0.1, 0.15) is 0 Å². The summed E-state index contributed by atoms with van der Waals surface area (Å²) in [5.74, 6) is -0.0172. The molecule has 0 aliphatic carbocycles. The van der Waals surface area contributed by atoms with Gasteiger partial charge in [-0.2, -0.15) is 0 Å². The number of fused-ring (bicyclic) bond motifs is 1. The van der Waals surface area contributed by atoms with E-state index in [-0.39, 0.29) is 17.9 Å². The maximum Gasteiger partial charge on any atom is 0.254 e. The first-order valence-corrected chi connectivity index (χ1v) is 7.31. The molecule has 1 aromatic rings. The maximum atomic E-state index is 12.5. The van der Waals surface area contributed by atoms with Crippen LogP contribution in [0.4, 0.5) is 11.4 Å². The van der Waals surface area contributed by atoms with Crippen LogP contribution in [-0.4, -0.2) is 48.9 Å². The molecule has 1 unspecified atom stereocenters. The number of nitrogens with one attached hydrogen (secondary N) is 3. The minimum Gasteiger partial charge on any atom is -0.382 e. The van der Waals surface area contributed by atoms with Crippen molar-refractivity contribution in [3.63, 3.8) is 0 Å². The van der Waals surface area contributed by atoms with E-state index in [0.717, 1.165) is 30.9 Å². The topological polar surface area (TPSA) is 73.5 Å². The third-order valence-corrected chi connectivity index (χ3v) is 3.91. The molecule has 3 N–H and O–H groups in total. The van der Waals surface area contributed by atoms with Crippen LogP contribution < -0.4 is 16.0 Å². The Morgan fingerprint density at radius 1 is 1.24 bits per heavy atom. The highest BCUT2D eigenvalue weighted by molar-refractivity contribution is 5.96. The fourth-order valence-electron chi connectivity index (χ4n) is 2.90. The predicted octanol–water partition coefficient (Wildman–Crippen LogP) is 0.875. The van der Waals surface area contributed by atoms with Crippen molar-refractivity contribution in [2.45, 2.75) is 19.4 Å². The Kier molecular flexibility index (Phi) is 3.68. The zero-order valence-corrected chi connectivity index (χ0v) is 12.1. The molecule has 1 saturated heterocycles. The van der Waals surface area contributed by atoms with Gasteiger partial charge in [0, 0.05) is 44.7 Å². The molecule has 21 heavy (non-hydrogen) atoms. The van der Waals surface area contributed by atoms with Gasteiger partial charge in [-0.3, -0.25) is 9.59 Å². The van der Waals surface area contributed by atoms with Crippen molar-refractivity contribution < 1.29 is 9.59 Å². The monoisotopic (exact) mass is 288 g/mol. The molecule has 6 nitrogen and oxygen atoms in total. The number of rotatable bonds is 2. The summed E-state index contributed by atoms with van der Waals surface area (Å²) in [6.45, 7) is 4.53. The molecule has 2 aliphatic rings. The lowest BCUT2D eigenvalue weighted by atomic mass is 10.1. The van der Waals surface area contributed by atoms with Gasteiger partial charge in [0.2, 0.25) is 5.91 Å². The van der Waals surface area contributed by atoms with Crippen LogP contribution in [0, 0.1) is 0 Å². The summed E-state index contributed by atoms with van der Waals surface area (Å²) in [6.07, 6.45) is 0.816. The third-order valence-electron chi connectivity index (χ3n) is 3.91. The van der Waals surface area contributed by atoms with Crippen LogP contribution in [0.15, 0.2) is 18.2 Å². The number of carbonyl (C=O) groups excluding carboxylic acids is 2. The average molecular weight is 288 g/mol. The van der Waals surface area contributed by atoms with Crippen LogP contribution in [0.2, 0.25) is 0 Å². The summed E-state index contributed by atoms with van der Waals surface area (Å²) >= 11 is 0. The minimum atomic E-state index is -0.0432. The van der Waals surface area contributed by atoms with E-state index in [1.807, 2.05) is 18.2 Å². The molecule has 2 amide bonds. The lowest BCUT2D eigenvalue weighted by Crippen LogP contribution is -2.37. The van der Waals surface area contributed by atoms with Crippen molar-refractivity contribution in [3.8, 4) is 0 Å². The smallest absolute Gasteiger partial charge is 0.254 e. The zero-order valence-electron chi connectivity index (χ0n) is 12.1. The third kappa shape index (κ3) is 2.94. The highest BCUT2D eigenvalue weighted by Crippen LogP contribution is 2.26. The molecule has 2 heterocycles. The SMILES string of the molecule is CC(=O)NC1CCN(C(=O)c2ccc3c(c2)NCCN3)C1. The van der Waals surface area contributed by atoms with Gasteiger partial charge in [0.25, 0.3) is 5.91 Å². The Bertz CT molecular complexity index is 573. The highest BCUT2D eigenvalue weighted by atomic mass is 16.2. The number of carbonyl (C=O) groups is 2. The van der Waals surface area contributed by atoms with Crippen molar-refractivity contribution in [3.05, 3.63) is 23.8 Å². The van der Waals surface area contributed by atoms with Crippen LogP contribution in [0.1, 0.15) is 23.7 Å². The van der Waals surface area contributed by atoms with Crippen molar-refractivity contribution in [1.29, 1.82) is 0 Å². The number of nitrogens with zero attached hydrogens (tertiary/aromatic N) is 1. The number of likely N-dealkylation sites (tertiary alicyclic amines) is 1. The van der Waals surface area contributed by atoms with Crippen molar-refractivity contribution in [1.82, 2.24) is 10.2 Å². The molecule has 1 fully saturated rings. The van der Waals surface area contributed by atoms with Gasteiger partial charge in [-0.15, -0.1) is 0 Å². The predicted molar refractivity (Wildman–Crippen MR) is 81.5 cm³/mol. The number of anilines is 2. The maximum absolute atomic E-state index is 12.5. The molecule has 0 bridgehead atoms. The molecular weight excluding hydrogens is 268 g/mol. The largest absolute Gasteiger partial charge is 0.382 e. The minimum absolute atomic E-state index is 0.0259. The van der Waals surface area contributed by atoms with E-state index in [1.54, 1.807) is 4.90 Å². The van der Waals surface area contributed by atoms with Crippen LogP contribution >= 0.6 is 0 Å². The van der Waals surface area contributed by atoms with Gasteiger partial charge < -0.3 is 20.9 Å². The fraction of sp³-hybridized carbons (Fsp3) is 0.467. The number of hydrogen-bond acceptors (Lipinski definition) is 4. The second-order valence-electron chi connectivity index (χ2n) is 5.55. The molecule has 6 heteroatoms. The van der Waals surface area contributed by atoms with Crippen molar-refractivity contribution >= 4 is 23.2 Å². The first-order valence-electron chi connectivity index (χ1n) is 7.31. The highest BCUT2D eigenvalue weighted by Gasteiger charge is 2.27. The molecule has 3 rings (SSSR count). The van der Waals surface area contributed by atoms with Gasteiger partial charge in [-0.25, -0.2) is 0 Å². The van der Waals surface area contributed by atoms with Crippen LogP contribution in [0.25, 0.3) is 0 Å². The van der Waals surface area contributed by atoms with Crippen LogP contribution in [0.3, 0.4) is 0 Å². The normalized spacial score (nSPS) is 20.2. The molecule has 0 radical (unpaired) electrons. The van der Waals surface area contributed by atoms with Gasteiger partial charge in [0.15, 0.2) is 0 Å². The molecule has 0 spiro atoms. The Morgan fingerprint density at radius 2 is 2.00 bits per heavy atom. The first kappa shape index (κ1) is 13.7. The Morgan fingerprint density at radius 3 is 2.76 bits per heavy atom. The van der Waals surface area contributed by atoms with E-state index in [2.05, 4.69) is 16.0 Å². The first-order chi connectivity index (χ1) is 10.1. The van der Waals surface area contributed by atoms with E-state index in [4.69, 9.17) is 0 Å². The van der Waals surface area contributed by atoms with E-state index < -0.39 is 0 Å².